The van der Waals surface area contributed by atoms with Crippen LogP contribution in [0, 0.1) is 12.3 Å². The highest BCUT2D eigenvalue weighted by Crippen LogP contribution is 2.29. The molecule has 0 saturated heterocycles. The second-order valence-electron chi connectivity index (χ2n) is 5.67. The molecule has 0 fully saturated rings. The Bertz CT molecular complexity index is 382. The molecule has 1 aromatic rings. The maximum absolute atomic E-state index is 6.04. The molecule has 2 unspecified atom stereocenters. The number of benzene rings is 1. The molecule has 0 aliphatic rings. The average molecular weight is 256 g/mol. The van der Waals surface area contributed by atoms with Crippen molar-refractivity contribution in [1.82, 2.24) is 0 Å². The van der Waals surface area contributed by atoms with E-state index in [4.69, 9.17) is 22.1 Å². The van der Waals surface area contributed by atoms with E-state index >= 15 is 0 Å². The van der Waals surface area contributed by atoms with Crippen LogP contribution in [-0.4, -0.2) is 12.1 Å². The van der Waals surface area contributed by atoms with Crippen LogP contribution in [0.15, 0.2) is 18.2 Å². The number of hydrogen-bond acceptors (Lipinski definition) is 2. The number of halogens is 1. The molecule has 0 spiro atoms. The van der Waals surface area contributed by atoms with E-state index in [-0.39, 0.29) is 17.6 Å². The molecule has 1 aromatic carbocycles. The molecule has 0 bridgehead atoms. The van der Waals surface area contributed by atoms with Crippen LogP contribution in [-0.2, 0) is 0 Å². The zero-order valence-electron chi connectivity index (χ0n) is 11.3. The predicted molar refractivity (Wildman–Crippen MR) is 73.7 cm³/mol. The van der Waals surface area contributed by atoms with Crippen molar-refractivity contribution < 1.29 is 4.74 Å². The van der Waals surface area contributed by atoms with Gasteiger partial charge in [0.05, 0.1) is 0 Å². The van der Waals surface area contributed by atoms with Crippen molar-refractivity contribution in [2.24, 2.45) is 11.1 Å². The lowest BCUT2D eigenvalue weighted by molar-refractivity contribution is 0.0678. The van der Waals surface area contributed by atoms with E-state index in [9.17, 15) is 0 Å². The molecule has 0 saturated carbocycles. The Kier molecular flexibility index (Phi) is 4.45. The fourth-order valence-corrected chi connectivity index (χ4v) is 2.18. The van der Waals surface area contributed by atoms with E-state index in [1.54, 1.807) is 0 Å². The van der Waals surface area contributed by atoms with Crippen LogP contribution in [0.25, 0.3) is 0 Å². The Morgan fingerprint density at radius 1 is 1.29 bits per heavy atom. The molecule has 2 N–H and O–H groups in total. The molecular formula is C14H22ClNO. The summed E-state index contributed by atoms with van der Waals surface area (Å²) in [5.74, 6) is 0.853. The number of hydrogen-bond donors (Lipinski definition) is 1. The first kappa shape index (κ1) is 14.3. The SMILES string of the molecule is Cc1cc(Cl)ccc1OC(C(C)N)C(C)(C)C. The Labute approximate surface area is 109 Å². The number of ether oxygens (including phenoxy) is 1. The summed E-state index contributed by atoms with van der Waals surface area (Å²) in [6.45, 7) is 10.4. The van der Waals surface area contributed by atoms with E-state index in [2.05, 4.69) is 20.8 Å². The van der Waals surface area contributed by atoms with Gasteiger partial charge in [-0.05, 0) is 37.6 Å². The minimum absolute atomic E-state index is 0.000241. The number of aryl methyl sites for hydroxylation is 1. The Balaban J connectivity index is 2.94. The molecule has 96 valence electrons. The van der Waals surface area contributed by atoms with Crippen LogP contribution in [0.4, 0.5) is 0 Å². The molecule has 0 heterocycles. The van der Waals surface area contributed by atoms with Gasteiger partial charge in [0.2, 0.25) is 0 Å². The van der Waals surface area contributed by atoms with Gasteiger partial charge in [-0.3, -0.25) is 0 Å². The summed E-state index contributed by atoms with van der Waals surface area (Å²) in [4.78, 5) is 0. The smallest absolute Gasteiger partial charge is 0.122 e. The third-order valence-corrected chi connectivity index (χ3v) is 2.96. The van der Waals surface area contributed by atoms with E-state index in [1.807, 2.05) is 32.0 Å². The lowest BCUT2D eigenvalue weighted by atomic mass is 9.85. The molecule has 0 aromatic heterocycles. The van der Waals surface area contributed by atoms with Crippen LogP contribution in [0.1, 0.15) is 33.3 Å². The summed E-state index contributed by atoms with van der Waals surface area (Å²) in [6, 6.07) is 5.62. The average Bonchev–Trinajstić information content (AvgIpc) is 2.13. The molecule has 0 aliphatic carbocycles. The van der Waals surface area contributed by atoms with Gasteiger partial charge in [0.1, 0.15) is 11.9 Å². The van der Waals surface area contributed by atoms with Crippen molar-refractivity contribution in [3.63, 3.8) is 0 Å². The van der Waals surface area contributed by atoms with Crippen molar-refractivity contribution in [3.8, 4) is 5.75 Å². The molecule has 2 atom stereocenters. The summed E-state index contributed by atoms with van der Waals surface area (Å²) in [5, 5.41) is 0.725. The second-order valence-corrected chi connectivity index (χ2v) is 6.11. The van der Waals surface area contributed by atoms with Crippen molar-refractivity contribution in [2.75, 3.05) is 0 Å². The fourth-order valence-electron chi connectivity index (χ4n) is 1.95. The van der Waals surface area contributed by atoms with Gasteiger partial charge in [0, 0.05) is 16.5 Å². The molecule has 0 amide bonds. The lowest BCUT2D eigenvalue weighted by Gasteiger charge is -2.34. The highest BCUT2D eigenvalue weighted by Gasteiger charge is 2.30. The summed E-state index contributed by atoms with van der Waals surface area (Å²) in [6.07, 6.45) is -0.0256. The molecule has 2 nitrogen and oxygen atoms in total. The van der Waals surface area contributed by atoms with Crippen LogP contribution in [0.3, 0.4) is 0 Å². The quantitative estimate of drug-likeness (QED) is 0.892. The zero-order chi connectivity index (χ0) is 13.2. The molecule has 0 aliphatic heterocycles. The summed E-state index contributed by atoms with van der Waals surface area (Å²) < 4.78 is 6.04. The summed E-state index contributed by atoms with van der Waals surface area (Å²) in [5.41, 5.74) is 7.03. The number of rotatable bonds is 3. The lowest BCUT2D eigenvalue weighted by Crippen LogP contribution is -2.45. The van der Waals surface area contributed by atoms with Crippen molar-refractivity contribution in [2.45, 2.75) is 46.8 Å². The maximum atomic E-state index is 6.04. The van der Waals surface area contributed by atoms with E-state index in [1.165, 1.54) is 0 Å². The van der Waals surface area contributed by atoms with Gasteiger partial charge >= 0.3 is 0 Å². The van der Waals surface area contributed by atoms with Gasteiger partial charge < -0.3 is 10.5 Å². The first-order valence-electron chi connectivity index (χ1n) is 5.90. The van der Waals surface area contributed by atoms with E-state index in [0.29, 0.717) is 0 Å². The highest BCUT2D eigenvalue weighted by atomic mass is 35.5. The van der Waals surface area contributed by atoms with Gasteiger partial charge in [-0.25, -0.2) is 0 Å². The molecular weight excluding hydrogens is 234 g/mol. The van der Waals surface area contributed by atoms with Crippen molar-refractivity contribution in [1.29, 1.82) is 0 Å². The Hall–Kier alpha value is -0.730. The zero-order valence-corrected chi connectivity index (χ0v) is 12.0. The van der Waals surface area contributed by atoms with Crippen LogP contribution >= 0.6 is 11.6 Å². The third-order valence-electron chi connectivity index (χ3n) is 2.72. The first-order valence-corrected chi connectivity index (χ1v) is 6.28. The predicted octanol–water partition coefficient (Wildman–Crippen LogP) is 3.79. The van der Waals surface area contributed by atoms with E-state index < -0.39 is 0 Å². The molecule has 3 heteroatoms. The third kappa shape index (κ3) is 3.90. The molecule has 0 radical (unpaired) electrons. The van der Waals surface area contributed by atoms with Gasteiger partial charge in [-0.2, -0.15) is 0 Å². The molecule has 1 rings (SSSR count). The molecule has 17 heavy (non-hydrogen) atoms. The largest absolute Gasteiger partial charge is 0.488 e. The minimum Gasteiger partial charge on any atom is -0.488 e. The maximum Gasteiger partial charge on any atom is 0.122 e. The van der Waals surface area contributed by atoms with Gasteiger partial charge in [0.15, 0.2) is 0 Å². The first-order chi connectivity index (χ1) is 7.71. The standard InChI is InChI=1S/C14H22ClNO/c1-9-8-11(15)6-7-12(9)17-13(10(2)16)14(3,4)5/h6-8,10,13H,16H2,1-5H3. The van der Waals surface area contributed by atoms with Gasteiger partial charge in [-0.1, -0.05) is 32.4 Å². The highest BCUT2D eigenvalue weighted by molar-refractivity contribution is 6.30. The summed E-state index contributed by atoms with van der Waals surface area (Å²) >= 11 is 5.93. The minimum atomic E-state index is -0.0256. The van der Waals surface area contributed by atoms with Crippen LogP contribution in [0.5, 0.6) is 5.75 Å². The van der Waals surface area contributed by atoms with Gasteiger partial charge in [-0.15, -0.1) is 0 Å². The van der Waals surface area contributed by atoms with Gasteiger partial charge in [0.25, 0.3) is 0 Å². The van der Waals surface area contributed by atoms with Crippen LogP contribution in [0.2, 0.25) is 5.02 Å². The van der Waals surface area contributed by atoms with Crippen molar-refractivity contribution in [3.05, 3.63) is 28.8 Å². The van der Waals surface area contributed by atoms with E-state index in [0.717, 1.165) is 16.3 Å². The summed E-state index contributed by atoms with van der Waals surface area (Å²) in [7, 11) is 0. The fraction of sp³-hybridized carbons (Fsp3) is 0.571. The monoisotopic (exact) mass is 255 g/mol. The van der Waals surface area contributed by atoms with Crippen molar-refractivity contribution >= 4 is 11.6 Å². The second kappa shape index (κ2) is 5.28. The topological polar surface area (TPSA) is 35.2 Å². The Morgan fingerprint density at radius 3 is 2.29 bits per heavy atom. The number of nitrogens with two attached hydrogens (primary N) is 1. The Morgan fingerprint density at radius 2 is 1.88 bits per heavy atom. The normalized spacial score (nSPS) is 15.5. The van der Waals surface area contributed by atoms with Crippen LogP contribution < -0.4 is 10.5 Å².